The monoisotopic (exact) mass is 310 g/mol. The number of nitriles is 1. The molecule has 0 heterocycles. The van der Waals surface area contributed by atoms with Crippen LogP contribution in [0, 0.1) is 21.4 Å². The predicted molar refractivity (Wildman–Crippen MR) is 76.8 cm³/mol. The molecule has 1 aromatic rings. The number of hydrogen-bond donors (Lipinski definition) is 0. The van der Waals surface area contributed by atoms with Crippen molar-refractivity contribution in [2.75, 3.05) is 46.8 Å². The number of rotatable bonds is 11. The predicted octanol–water partition coefficient (Wildman–Crippen LogP) is 1.52. The first kappa shape index (κ1) is 17.8. The average Bonchev–Trinajstić information content (AvgIpc) is 2.53. The van der Waals surface area contributed by atoms with Gasteiger partial charge >= 0.3 is 0 Å². The lowest BCUT2D eigenvalue weighted by Gasteiger charge is -2.08. The Hall–Kier alpha value is -2.21. The second-order valence-electron chi connectivity index (χ2n) is 4.15. The zero-order valence-electron chi connectivity index (χ0n) is 12.3. The van der Waals surface area contributed by atoms with Gasteiger partial charge in [0.25, 0.3) is 5.69 Å². The molecule has 8 heteroatoms. The number of ether oxygens (including phenoxy) is 4. The highest BCUT2D eigenvalue weighted by Gasteiger charge is 2.10. The highest BCUT2D eigenvalue weighted by Crippen LogP contribution is 2.22. The Morgan fingerprint density at radius 3 is 2.32 bits per heavy atom. The van der Waals surface area contributed by atoms with Crippen molar-refractivity contribution in [2.45, 2.75) is 0 Å². The Morgan fingerprint density at radius 1 is 1.09 bits per heavy atom. The van der Waals surface area contributed by atoms with Crippen molar-refractivity contribution >= 4 is 5.69 Å². The van der Waals surface area contributed by atoms with Gasteiger partial charge in [0.2, 0.25) is 0 Å². The highest BCUT2D eigenvalue weighted by molar-refractivity contribution is 5.47. The fourth-order valence-electron chi connectivity index (χ4n) is 1.52. The van der Waals surface area contributed by atoms with Gasteiger partial charge in [0.05, 0.1) is 55.7 Å². The van der Waals surface area contributed by atoms with E-state index in [-0.39, 0.29) is 23.6 Å². The van der Waals surface area contributed by atoms with Crippen molar-refractivity contribution in [3.63, 3.8) is 0 Å². The van der Waals surface area contributed by atoms with Crippen LogP contribution < -0.4 is 4.74 Å². The lowest BCUT2D eigenvalue weighted by Crippen LogP contribution is -2.12. The molecular formula is C14H18N2O6. The summed E-state index contributed by atoms with van der Waals surface area (Å²) in [5, 5.41) is 19.6. The third kappa shape index (κ3) is 6.99. The minimum Gasteiger partial charge on any atom is -0.491 e. The van der Waals surface area contributed by atoms with Crippen LogP contribution in [0.4, 0.5) is 5.69 Å². The maximum Gasteiger partial charge on any atom is 0.274 e. The lowest BCUT2D eigenvalue weighted by atomic mass is 10.2. The average molecular weight is 310 g/mol. The van der Waals surface area contributed by atoms with Gasteiger partial charge < -0.3 is 18.9 Å². The molecule has 1 aromatic carbocycles. The van der Waals surface area contributed by atoms with Gasteiger partial charge in [-0.1, -0.05) is 0 Å². The fraction of sp³-hybridized carbons (Fsp3) is 0.500. The van der Waals surface area contributed by atoms with Crippen LogP contribution >= 0.6 is 0 Å². The number of hydrogen-bond acceptors (Lipinski definition) is 7. The van der Waals surface area contributed by atoms with Crippen LogP contribution in [0.3, 0.4) is 0 Å². The van der Waals surface area contributed by atoms with Crippen molar-refractivity contribution in [3.8, 4) is 11.8 Å². The largest absolute Gasteiger partial charge is 0.491 e. The second-order valence-corrected chi connectivity index (χ2v) is 4.15. The smallest absolute Gasteiger partial charge is 0.274 e. The van der Waals surface area contributed by atoms with E-state index in [9.17, 15) is 10.1 Å². The number of nitro benzene ring substituents is 1. The van der Waals surface area contributed by atoms with Gasteiger partial charge in [0.15, 0.2) is 0 Å². The van der Waals surface area contributed by atoms with Gasteiger partial charge in [0.1, 0.15) is 12.4 Å². The SMILES string of the molecule is COCCOCCOCCOc1cc(C#N)cc([N+](=O)[O-])c1. The van der Waals surface area contributed by atoms with Crippen LogP contribution in [0.1, 0.15) is 5.56 Å². The summed E-state index contributed by atoms with van der Waals surface area (Å²) < 4.78 is 20.7. The quantitative estimate of drug-likeness (QED) is 0.347. The molecule has 0 amide bonds. The molecule has 0 saturated heterocycles. The minimum absolute atomic E-state index is 0.177. The molecule has 1 rings (SSSR count). The van der Waals surface area contributed by atoms with Crippen LogP contribution in [-0.4, -0.2) is 51.7 Å². The summed E-state index contributed by atoms with van der Waals surface area (Å²) in [4.78, 5) is 10.2. The maximum absolute atomic E-state index is 10.7. The molecular weight excluding hydrogens is 292 g/mol. The van der Waals surface area contributed by atoms with E-state index >= 15 is 0 Å². The van der Waals surface area contributed by atoms with Gasteiger partial charge in [-0.2, -0.15) is 5.26 Å². The Balaban J connectivity index is 2.26. The normalized spacial score (nSPS) is 10.2. The summed E-state index contributed by atoms with van der Waals surface area (Å²) in [5.74, 6) is 0.269. The van der Waals surface area contributed by atoms with E-state index in [1.165, 1.54) is 18.2 Å². The van der Waals surface area contributed by atoms with E-state index in [0.717, 1.165) is 0 Å². The zero-order chi connectivity index (χ0) is 16.2. The molecule has 0 atom stereocenters. The van der Waals surface area contributed by atoms with E-state index in [1.54, 1.807) is 7.11 Å². The standard InChI is InChI=1S/C14H18N2O6/c1-19-2-3-20-4-5-21-6-7-22-14-9-12(11-15)8-13(10-14)16(17)18/h8-10H,2-7H2,1H3. The van der Waals surface area contributed by atoms with Gasteiger partial charge in [0, 0.05) is 13.2 Å². The molecule has 0 aliphatic rings. The zero-order valence-corrected chi connectivity index (χ0v) is 12.3. The summed E-state index contributed by atoms with van der Waals surface area (Å²) in [6.45, 7) is 2.48. The lowest BCUT2D eigenvalue weighted by molar-refractivity contribution is -0.385. The molecule has 22 heavy (non-hydrogen) atoms. The molecule has 0 aliphatic heterocycles. The number of non-ortho nitro benzene ring substituents is 1. The van der Waals surface area contributed by atoms with Crippen LogP contribution in [0.2, 0.25) is 0 Å². The summed E-state index contributed by atoms with van der Waals surface area (Å²) in [7, 11) is 1.60. The maximum atomic E-state index is 10.7. The molecule has 0 saturated carbocycles. The van der Waals surface area contributed by atoms with E-state index < -0.39 is 4.92 Å². The van der Waals surface area contributed by atoms with Crippen molar-refractivity contribution in [1.29, 1.82) is 5.26 Å². The summed E-state index contributed by atoms with van der Waals surface area (Å²) in [6, 6.07) is 5.77. The molecule has 0 N–H and O–H groups in total. The van der Waals surface area contributed by atoms with Crippen LogP contribution in [0.15, 0.2) is 18.2 Å². The second kappa shape index (κ2) is 10.5. The number of nitrogens with zero attached hydrogens (tertiary/aromatic N) is 2. The molecule has 8 nitrogen and oxygen atoms in total. The van der Waals surface area contributed by atoms with Crippen molar-refractivity contribution in [2.24, 2.45) is 0 Å². The van der Waals surface area contributed by atoms with Gasteiger partial charge in [-0.15, -0.1) is 0 Å². The highest BCUT2D eigenvalue weighted by atomic mass is 16.6. The van der Waals surface area contributed by atoms with Gasteiger partial charge in [-0.3, -0.25) is 10.1 Å². The Morgan fingerprint density at radius 2 is 1.73 bits per heavy atom. The first-order valence-corrected chi connectivity index (χ1v) is 6.64. The fourth-order valence-corrected chi connectivity index (χ4v) is 1.52. The van der Waals surface area contributed by atoms with Crippen LogP contribution in [0.25, 0.3) is 0 Å². The molecule has 0 bridgehead atoms. The van der Waals surface area contributed by atoms with Crippen LogP contribution in [-0.2, 0) is 14.2 Å². The summed E-state index contributed by atoms with van der Waals surface area (Å²) in [6.07, 6.45) is 0. The van der Waals surface area contributed by atoms with Crippen LogP contribution in [0.5, 0.6) is 5.75 Å². The molecule has 0 unspecified atom stereocenters. The van der Waals surface area contributed by atoms with E-state index in [4.69, 9.17) is 24.2 Å². The third-order valence-electron chi connectivity index (χ3n) is 2.53. The first-order chi connectivity index (χ1) is 10.7. The third-order valence-corrected chi connectivity index (χ3v) is 2.53. The topological polar surface area (TPSA) is 104 Å². The van der Waals surface area contributed by atoms with Gasteiger partial charge in [-0.25, -0.2) is 0 Å². The number of benzene rings is 1. The molecule has 0 aliphatic carbocycles. The number of nitro groups is 1. The molecule has 0 spiro atoms. The van der Waals surface area contributed by atoms with Crippen molar-refractivity contribution in [1.82, 2.24) is 0 Å². The summed E-state index contributed by atoms with van der Waals surface area (Å²) >= 11 is 0. The van der Waals surface area contributed by atoms with E-state index in [2.05, 4.69) is 0 Å². The van der Waals surface area contributed by atoms with E-state index in [1.807, 2.05) is 6.07 Å². The Kier molecular flexibility index (Phi) is 8.52. The van der Waals surface area contributed by atoms with Crippen molar-refractivity contribution in [3.05, 3.63) is 33.9 Å². The molecule has 0 fully saturated rings. The first-order valence-electron chi connectivity index (χ1n) is 6.64. The summed E-state index contributed by atoms with van der Waals surface area (Å²) in [5.41, 5.74) is -0.00169. The molecule has 120 valence electrons. The Labute approximate surface area is 128 Å². The van der Waals surface area contributed by atoms with E-state index in [0.29, 0.717) is 33.0 Å². The molecule has 0 aromatic heterocycles. The minimum atomic E-state index is -0.568. The van der Waals surface area contributed by atoms with Crippen molar-refractivity contribution < 1.29 is 23.9 Å². The Bertz CT molecular complexity index is 515. The molecule has 0 radical (unpaired) electrons. The number of methoxy groups -OCH3 is 1. The van der Waals surface area contributed by atoms with Gasteiger partial charge in [-0.05, 0) is 6.07 Å².